The van der Waals surface area contributed by atoms with Crippen LogP contribution in [0.15, 0.2) is 42.7 Å². The largest absolute Gasteiger partial charge is 0.490 e. The topological polar surface area (TPSA) is 120 Å². The Bertz CT molecular complexity index is 1090. The minimum absolute atomic E-state index is 0.146. The summed E-state index contributed by atoms with van der Waals surface area (Å²) in [5.74, 6) is -3.22. The highest BCUT2D eigenvalue weighted by Crippen LogP contribution is 2.43. The molecule has 3 aromatic rings. The minimum atomic E-state index is -5.08. The Kier molecular flexibility index (Phi) is 5.49. The van der Waals surface area contributed by atoms with E-state index < -0.39 is 18.1 Å². The van der Waals surface area contributed by atoms with E-state index in [1.807, 2.05) is 24.3 Å². The predicted octanol–water partition coefficient (Wildman–Crippen LogP) is 2.76. The van der Waals surface area contributed by atoms with E-state index in [-0.39, 0.29) is 11.2 Å². The van der Waals surface area contributed by atoms with Gasteiger partial charge in [0.15, 0.2) is 5.69 Å². The summed E-state index contributed by atoms with van der Waals surface area (Å²) in [7, 11) is 1.34. The molecule has 0 aliphatic heterocycles. The number of carbonyl (C=O) groups is 2. The molecule has 3 N–H and O–H groups in total. The van der Waals surface area contributed by atoms with E-state index >= 15 is 0 Å². The van der Waals surface area contributed by atoms with Gasteiger partial charge in [-0.05, 0) is 18.4 Å². The van der Waals surface area contributed by atoms with E-state index in [2.05, 4.69) is 10.1 Å². The standard InChI is InChI=1S/C17H16N4O2.C2HF3O2/c1-23-16(22)13-10-14-15(19-8-9-21(14)20-13)11-2-4-12(5-3-11)17(18)6-7-17;3-2(4,5)1(6)7/h2-5,8-10H,6-7,18H2,1H3;(H,6,7). The number of nitrogens with zero attached hydrogens (tertiary/aromatic N) is 3. The zero-order valence-corrected chi connectivity index (χ0v) is 15.7. The second-order valence-corrected chi connectivity index (χ2v) is 6.66. The van der Waals surface area contributed by atoms with E-state index in [4.69, 9.17) is 20.4 Å². The van der Waals surface area contributed by atoms with E-state index in [0.29, 0.717) is 0 Å². The first kappa shape index (κ1) is 21.2. The van der Waals surface area contributed by atoms with E-state index in [9.17, 15) is 18.0 Å². The van der Waals surface area contributed by atoms with Crippen LogP contribution in [-0.2, 0) is 15.1 Å². The van der Waals surface area contributed by atoms with Crippen LogP contribution >= 0.6 is 0 Å². The number of benzene rings is 1. The fourth-order valence-corrected chi connectivity index (χ4v) is 2.73. The number of halogens is 3. The Balaban J connectivity index is 0.000000318. The number of methoxy groups -OCH3 is 1. The Labute approximate surface area is 168 Å². The Morgan fingerprint density at radius 3 is 2.33 bits per heavy atom. The quantitative estimate of drug-likeness (QED) is 0.623. The molecule has 11 heteroatoms. The van der Waals surface area contributed by atoms with Gasteiger partial charge in [-0.1, -0.05) is 24.3 Å². The maximum atomic E-state index is 11.7. The number of alkyl halides is 3. The van der Waals surface area contributed by atoms with Gasteiger partial charge >= 0.3 is 18.1 Å². The van der Waals surface area contributed by atoms with Gasteiger partial charge in [0, 0.05) is 29.6 Å². The van der Waals surface area contributed by atoms with Crippen LogP contribution < -0.4 is 5.73 Å². The van der Waals surface area contributed by atoms with Crippen LogP contribution in [0.4, 0.5) is 13.2 Å². The van der Waals surface area contributed by atoms with Gasteiger partial charge in [-0.2, -0.15) is 18.3 Å². The van der Waals surface area contributed by atoms with Gasteiger partial charge in [0.1, 0.15) is 0 Å². The van der Waals surface area contributed by atoms with Crippen molar-refractivity contribution in [2.24, 2.45) is 5.73 Å². The van der Waals surface area contributed by atoms with E-state index in [1.165, 1.54) is 7.11 Å². The zero-order chi connectivity index (χ0) is 22.1. The highest BCUT2D eigenvalue weighted by molar-refractivity contribution is 5.90. The van der Waals surface area contributed by atoms with Crippen molar-refractivity contribution in [2.45, 2.75) is 24.6 Å². The van der Waals surface area contributed by atoms with Crippen LogP contribution in [0, 0.1) is 0 Å². The highest BCUT2D eigenvalue weighted by atomic mass is 19.4. The van der Waals surface area contributed by atoms with Crippen molar-refractivity contribution in [3.8, 4) is 11.3 Å². The number of ether oxygens (including phenoxy) is 1. The second-order valence-electron chi connectivity index (χ2n) is 6.66. The Hall–Kier alpha value is -3.47. The molecule has 158 valence electrons. The molecule has 0 atom stereocenters. The van der Waals surface area contributed by atoms with Gasteiger partial charge in [0.05, 0.1) is 18.3 Å². The average Bonchev–Trinajstić information content (AvgIpc) is 3.31. The van der Waals surface area contributed by atoms with Crippen molar-refractivity contribution in [3.63, 3.8) is 0 Å². The first-order valence-electron chi connectivity index (χ1n) is 8.68. The maximum absolute atomic E-state index is 11.7. The number of nitrogens with two attached hydrogens (primary N) is 1. The van der Waals surface area contributed by atoms with Crippen molar-refractivity contribution in [1.29, 1.82) is 0 Å². The number of carboxylic acids is 1. The molecule has 1 saturated carbocycles. The van der Waals surface area contributed by atoms with Crippen molar-refractivity contribution in [3.05, 3.63) is 54.0 Å². The molecule has 0 bridgehead atoms. The number of hydrogen-bond acceptors (Lipinski definition) is 6. The second kappa shape index (κ2) is 7.75. The third-order valence-electron chi connectivity index (χ3n) is 4.55. The number of rotatable bonds is 3. The van der Waals surface area contributed by atoms with Crippen molar-refractivity contribution >= 4 is 17.5 Å². The fourth-order valence-electron chi connectivity index (χ4n) is 2.73. The highest BCUT2D eigenvalue weighted by Gasteiger charge is 2.39. The lowest BCUT2D eigenvalue weighted by Gasteiger charge is -2.10. The summed E-state index contributed by atoms with van der Waals surface area (Å²) in [4.78, 5) is 25.0. The molecule has 4 rings (SSSR count). The number of carbonyl (C=O) groups excluding carboxylic acids is 1. The smallest absolute Gasteiger partial charge is 0.475 e. The predicted molar refractivity (Wildman–Crippen MR) is 98.6 cm³/mol. The molecule has 1 aliphatic rings. The molecule has 1 aromatic carbocycles. The van der Waals surface area contributed by atoms with E-state index in [1.54, 1.807) is 23.0 Å². The lowest BCUT2D eigenvalue weighted by molar-refractivity contribution is -0.192. The molecule has 2 heterocycles. The lowest BCUT2D eigenvalue weighted by atomic mass is 10.0. The van der Waals surface area contributed by atoms with E-state index in [0.717, 1.165) is 35.2 Å². The van der Waals surface area contributed by atoms with Crippen LogP contribution in [0.1, 0.15) is 28.9 Å². The molecule has 1 aliphatic carbocycles. The zero-order valence-electron chi connectivity index (χ0n) is 15.7. The first-order chi connectivity index (χ1) is 14.0. The summed E-state index contributed by atoms with van der Waals surface area (Å²) < 4.78 is 38.1. The first-order valence-corrected chi connectivity index (χ1v) is 8.68. The number of fused-ring (bicyclic) bond motifs is 1. The molecule has 0 radical (unpaired) electrons. The lowest BCUT2D eigenvalue weighted by Crippen LogP contribution is -2.21. The van der Waals surface area contributed by atoms with Crippen LogP contribution in [-0.4, -0.2) is 44.9 Å². The molecule has 8 nitrogen and oxygen atoms in total. The van der Waals surface area contributed by atoms with Crippen LogP contribution in [0.2, 0.25) is 0 Å². The van der Waals surface area contributed by atoms with Crippen LogP contribution in [0.3, 0.4) is 0 Å². The normalized spacial score (nSPS) is 14.6. The Morgan fingerprint density at radius 2 is 1.83 bits per heavy atom. The van der Waals surface area contributed by atoms with Gasteiger partial charge < -0.3 is 15.6 Å². The average molecular weight is 422 g/mol. The van der Waals surface area contributed by atoms with Gasteiger partial charge in [0.25, 0.3) is 0 Å². The molecule has 2 aromatic heterocycles. The number of esters is 1. The number of aromatic nitrogens is 3. The SMILES string of the molecule is COC(=O)c1cc2c(-c3ccc(C4(N)CC4)cc3)nccn2n1.O=C(O)C(F)(F)F. The summed E-state index contributed by atoms with van der Waals surface area (Å²) in [6.07, 6.45) is 0.352. The number of hydrogen-bond donors (Lipinski definition) is 2. The summed E-state index contributed by atoms with van der Waals surface area (Å²) >= 11 is 0. The summed E-state index contributed by atoms with van der Waals surface area (Å²) in [6, 6.07) is 9.80. The number of carboxylic acid groups (broad SMARTS) is 1. The monoisotopic (exact) mass is 422 g/mol. The van der Waals surface area contributed by atoms with Gasteiger partial charge in [-0.25, -0.2) is 14.1 Å². The van der Waals surface area contributed by atoms with Gasteiger partial charge in [0.2, 0.25) is 0 Å². The van der Waals surface area contributed by atoms with Crippen molar-refractivity contribution < 1.29 is 32.6 Å². The Morgan fingerprint density at radius 1 is 1.23 bits per heavy atom. The molecular weight excluding hydrogens is 405 g/mol. The van der Waals surface area contributed by atoms with Crippen LogP contribution in [0.5, 0.6) is 0 Å². The summed E-state index contributed by atoms with van der Waals surface area (Å²) in [5.41, 5.74) is 9.97. The number of aliphatic carboxylic acids is 1. The molecule has 0 amide bonds. The molecule has 0 saturated heterocycles. The molecule has 1 fully saturated rings. The fraction of sp³-hybridized carbons (Fsp3) is 0.263. The van der Waals surface area contributed by atoms with Crippen molar-refractivity contribution in [2.75, 3.05) is 7.11 Å². The third kappa shape index (κ3) is 4.40. The van der Waals surface area contributed by atoms with Crippen molar-refractivity contribution in [1.82, 2.24) is 14.6 Å². The maximum Gasteiger partial charge on any atom is 0.490 e. The summed E-state index contributed by atoms with van der Waals surface area (Å²) in [5, 5.41) is 11.3. The minimum Gasteiger partial charge on any atom is -0.475 e. The summed E-state index contributed by atoms with van der Waals surface area (Å²) in [6.45, 7) is 0. The third-order valence-corrected chi connectivity index (χ3v) is 4.55. The molecule has 0 unspecified atom stereocenters. The molecule has 30 heavy (non-hydrogen) atoms. The molecule has 0 spiro atoms. The molecular formula is C19H17F3N4O4. The van der Waals surface area contributed by atoms with Gasteiger partial charge in [-0.15, -0.1) is 0 Å². The van der Waals surface area contributed by atoms with Gasteiger partial charge in [-0.3, -0.25) is 4.98 Å². The van der Waals surface area contributed by atoms with Crippen LogP contribution in [0.25, 0.3) is 16.8 Å².